The zero-order valence-electron chi connectivity index (χ0n) is 12.2. The number of rotatable bonds is 4. The molecule has 4 N–H and O–H groups in total. The fraction of sp³-hybridized carbons (Fsp3) is 0.357. The predicted molar refractivity (Wildman–Crippen MR) is 82.1 cm³/mol. The van der Waals surface area contributed by atoms with Gasteiger partial charge in [-0.3, -0.25) is 19.7 Å². The van der Waals surface area contributed by atoms with Gasteiger partial charge in [-0.2, -0.15) is 0 Å². The van der Waals surface area contributed by atoms with Crippen LogP contribution in [-0.4, -0.2) is 29.1 Å². The maximum absolute atomic E-state index is 12.1. The van der Waals surface area contributed by atoms with Crippen molar-refractivity contribution in [1.29, 1.82) is 0 Å². The molecule has 0 heterocycles. The largest absolute Gasteiger partial charge is 0.345 e. The van der Waals surface area contributed by atoms with E-state index in [-0.39, 0.29) is 16.8 Å². The molecule has 21 heavy (non-hydrogen) atoms. The first-order chi connectivity index (χ1) is 9.81. The van der Waals surface area contributed by atoms with Crippen LogP contribution in [0.3, 0.4) is 0 Å². The van der Waals surface area contributed by atoms with Gasteiger partial charge >= 0.3 is 0 Å². The van der Waals surface area contributed by atoms with Crippen molar-refractivity contribution in [3.05, 3.63) is 29.8 Å². The van der Waals surface area contributed by atoms with Crippen molar-refractivity contribution in [2.75, 3.05) is 0 Å². The van der Waals surface area contributed by atoms with E-state index in [0.717, 1.165) is 11.8 Å². The van der Waals surface area contributed by atoms with Crippen LogP contribution in [0.5, 0.6) is 0 Å². The van der Waals surface area contributed by atoms with Crippen LogP contribution in [0.25, 0.3) is 0 Å². The molecule has 0 spiro atoms. The lowest BCUT2D eigenvalue weighted by Gasteiger charge is -2.11. The number of amides is 3. The Bertz CT molecular complexity index is 544. The van der Waals surface area contributed by atoms with E-state index in [1.165, 1.54) is 6.92 Å². The molecule has 0 aliphatic rings. The van der Waals surface area contributed by atoms with Crippen molar-refractivity contribution < 1.29 is 14.4 Å². The first-order valence-corrected chi connectivity index (χ1v) is 7.31. The summed E-state index contributed by atoms with van der Waals surface area (Å²) in [6.07, 6.45) is 0. The van der Waals surface area contributed by atoms with E-state index >= 15 is 0 Å². The van der Waals surface area contributed by atoms with Crippen molar-refractivity contribution in [3.8, 4) is 0 Å². The number of nitrogens with one attached hydrogen (secondary N) is 2. The summed E-state index contributed by atoms with van der Waals surface area (Å²) < 4.78 is 0. The van der Waals surface area contributed by atoms with Gasteiger partial charge in [0.1, 0.15) is 0 Å². The number of hydrogen-bond donors (Lipinski definition) is 3. The molecule has 0 aliphatic heterocycles. The molecule has 0 bridgehead atoms. The Morgan fingerprint density at radius 1 is 1.14 bits per heavy atom. The molecule has 0 aromatic heterocycles. The van der Waals surface area contributed by atoms with Crippen molar-refractivity contribution >= 4 is 28.8 Å². The first-order valence-electron chi connectivity index (χ1n) is 6.49. The standard InChI is InChI=1S/C14H19N3O3S/c1-8(2)16-14(20)21-11-7-5-4-6-10(11)13(19)17-12(18)9(3)15/h4-9H,15H2,1-3H3,(H,16,20)(H,17,18,19)/t9-/m0/s1. The minimum atomic E-state index is -0.780. The summed E-state index contributed by atoms with van der Waals surface area (Å²) in [6.45, 7) is 5.18. The molecule has 0 aliphatic carbocycles. The number of carbonyl (C=O) groups is 3. The van der Waals surface area contributed by atoms with Crippen LogP contribution in [0.1, 0.15) is 31.1 Å². The van der Waals surface area contributed by atoms with Gasteiger partial charge in [0, 0.05) is 10.9 Å². The molecule has 114 valence electrons. The second-order valence-corrected chi connectivity index (χ2v) is 5.81. The van der Waals surface area contributed by atoms with Crippen LogP contribution in [0.2, 0.25) is 0 Å². The highest BCUT2D eigenvalue weighted by Crippen LogP contribution is 2.23. The van der Waals surface area contributed by atoms with E-state index in [2.05, 4.69) is 10.6 Å². The molecule has 0 saturated heterocycles. The molecule has 7 heteroatoms. The Kier molecular flexibility index (Phi) is 6.39. The van der Waals surface area contributed by atoms with Gasteiger partial charge in [0.15, 0.2) is 0 Å². The fourth-order valence-electron chi connectivity index (χ4n) is 1.40. The van der Waals surface area contributed by atoms with Crippen molar-refractivity contribution in [2.24, 2.45) is 5.73 Å². The summed E-state index contributed by atoms with van der Waals surface area (Å²) in [5.41, 5.74) is 5.66. The minimum Gasteiger partial charge on any atom is -0.345 e. The van der Waals surface area contributed by atoms with Gasteiger partial charge in [-0.1, -0.05) is 12.1 Å². The SMILES string of the molecule is CC(C)NC(=O)Sc1ccccc1C(=O)NC(=O)[C@H](C)N. The van der Waals surface area contributed by atoms with Gasteiger partial charge in [-0.15, -0.1) is 0 Å². The Balaban J connectivity index is 2.86. The molecule has 0 saturated carbocycles. The van der Waals surface area contributed by atoms with Gasteiger partial charge in [0.2, 0.25) is 5.91 Å². The summed E-state index contributed by atoms with van der Waals surface area (Å²) in [7, 11) is 0. The summed E-state index contributed by atoms with van der Waals surface area (Å²) >= 11 is 0.909. The van der Waals surface area contributed by atoms with Gasteiger partial charge in [0.25, 0.3) is 11.1 Å². The van der Waals surface area contributed by atoms with Crippen molar-refractivity contribution in [2.45, 2.75) is 37.8 Å². The molecule has 6 nitrogen and oxygen atoms in total. The molecule has 0 radical (unpaired) electrons. The monoisotopic (exact) mass is 309 g/mol. The second kappa shape index (κ2) is 7.80. The maximum atomic E-state index is 12.1. The molecule has 1 aromatic carbocycles. The Hall–Kier alpha value is -1.86. The van der Waals surface area contributed by atoms with E-state index in [4.69, 9.17) is 5.73 Å². The van der Waals surface area contributed by atoms with E-state index in [9.17, 15) is 14.4 Å². The van der Waals surface area contributed by atoms with Crippen molar-refractivity contribution in [1.82, 2.24) is 10.6 Å². The van der Waals surface area contributed by atoms with Crippen LogP contribution in [0.15, 0.2) is 29.2 Å². The zero-order valence-corrected chi connectivity index (χ0v) is 13.0. The normalized spacial score (nSPS) is 11.9. The van der Waals surface area contributed by atoms with Crippen molar-refractivity contribution in [3.63, 3.8) is 0 Å². The lowest BCUT2D eigenvalue weighted by Crippen LogP contribution is -2.41. The third-order valence-corrected chi connectivity index (χ3v) is 3.27. The Morgan fingerprint density at radius 2 is 1.76 bits per heavy atom. The highest BCUT2D eigenvalue weighted by atomic mass is 32.2. The molecule has 1 atom stereocenters. The summed E-state index contributed by atoms with van der Waals surface area (Å²) in [4.78, 5) is 35.8. The highest BCUT2D eigenvalue weighted by molar-refractivity contribution is 8.13. The zero-order chi connectivity index (χ0) is 16.0. The third-order valence-electron chi connectivity index (χ3n) is 2.39. The van der Waals surface area contributed by atoms with Gasteiger partial charge in [-0.05, 0) is 44.7 Å². The Labute approximate surface area is 127 Å². The van der Waals surface area contributed by atoms with E-state index in [0.29, 0.717) is 4.90 Å². The van der Waals surface area contributed by atoms with Crippen LogP contribution < -0.4 is 16.4 Å². The van der Waals surface area contributed by atoms with Gasteiger partial charge in [-0.25, -0.2) is 0 Å². The molecule has 0 unspecified atom stereocenters. The lowest BCUT2D eigenvalue weighted by atomic mass is 10.2. The van der Waals surface area contributed by atoms with E-state index < -0.39 is 17.9 Å². The Morgan fingerprint density at radius 3 is 2.33 bits per heavy atom. The minimum absolute atomic E-state index is 0.00524. The molecule has 1 rings (SSSR count). The molecule has 0 fully saturated rings. The van der Waals surface area contributed by atoms with Crippen LogP contribution >= 0.6 is 11.8 Å². The van der Waals surface area contributed by atoms with Crippen LogP contribution in [-0.2, 0) is 4.79 Å². The fourth-order valence-corrected chi connectivity index (χ4v) is 2.31. The van der Waals surface area contributed by atoms with Crippen LogP contribution in [0.4, 0.5) is 4.79 Å². The lowest BCUT2D eigenvalue weighted by molar-refractivity contribution is -0.121. The topological polar surface area (TPSA) is 101 Å². The number of carbonyl (C=O) groups excluding carboxylic acids is 3. The summed E-state index contributed by atoms with van der Waals surface area (Å²) in [5, 5.41) is 4.66. The number of imide groups is 1. The number of hydrogen-bond acceptors (Lipinski definition) is 5. The molecular formula is C14H19N3O3S. The van der Waals surface area contributed by atoms with E-state index in [1.807, 2.05) is 13.8 Å². The quantitative estimate of drug-likeness (QED) is 0.732. The molecule has 3 amide bonds. The number of thioether (sulfide) groups is 1. The second-order valence-electron chi connectivity index (χ2n) is 4.79. The van der Waals surface area contributed by atoms with E-state index in [1.54, 1.807) is 24.3 Å². The maximum Gasteiger partial charge on any atom is 0.284 e. The average molecular weight is 309 g/mol. The smallest absolute Gasteiger partial charge is 0.284 e. The number of benzene rings is 1. The predicted octanol–water partition coefficient (Wildman–Crippen LogP) is 1.50. The number of nitrogens with two attached hydrogens (primary N) is 1. The first kappa shape index (κ1) is 17.2. The highest BCUT2D eigenvalue weighted by Gasteiger charge is 2.18. The summed E-state index contributed by atoms with van der Waals surface area (Å²) in [6, 6.07) is 5.80. The molecular weight excluding hydrogens is 290 g/mol. The van der Waals surface area contributed by atoms with Gasteiger partial charge in [0.05, 0.1) is 11.6 Å². The summed E-state index contributed by atoms with van der Waals surface area (Å²) in [5.74, 6) is -1.14. The third kappa shape index (κ3) is 5.57. The average Bonchev–Trinajstić information content (AvgIpc) is 2.37. The van der Waals surface area contributed by atoms with Crippen LogP contribution in [0, 0.1) is 0 Å². The molecule has 1 aromatic rings. The van der Waals surface area contributed by atoms with Gasteiger partial charge < -0.3 is 11.1 Å².